The number of hydrogen-bond donors (Lipinski definition) is 0. The number of fused-ring (bicyclic) bond motifs is 1. The maximum atomic E-state index is 15.1. The second-order valence-corrected chi connectivity index (χ2v) is 8.23. The Morgan fingerprint density at radius 2 is 2.08 bits per heavy atom. The Morgan fingerprint density at radius 1 is 1.40 bits per heavy atom. The first-order chi connectivity index (χ1) is 11.7. The molecule has 0 bridgehead atoms. The maximum Gasteiger partial charge on any atom is 0.354 e. The lowest BCUT2D eigenvalue weighted by Crippen LogP contribution is -2.25. The summed E-state index contributed by atoms with van der Waals surface area (Å²) in [6.07, 6.45) is 1.68. The van der Waals surface area contributed by atoms with E-state index >= 15 is 4.39 Å². The van der Waals surface area contributed by atoms with Gasteiger partial charge in [0.1, 0.15) is 5.15 Å². The molecule has 2 aromatic heterocycles. The molecule has 0 saturated carbocycles. The van der Waals surface area contributed by atoms with Crippen LogP contribution in [0.25, 0.3) is 16.6 Å². The van der Waals surface area contributed by atoms with Crippen LogP contribution in [0.3, 0.4) is 0 Å². The zero-order valence-electron chi connectivity index (χ0n) is 13.6. The predicted octanol–water partition coefficient (Wildman–Crippen LogP) is 5.37. The summed E-state index contributed by atoms with van der Waals surface area (Å²) in [6.45, 7) is 5.80. The van der Waals surface area contributed by atoms with Gasteiger partial charge in [-0.05, 0) is 69.1 Å². The van der Waals surface area contributed by atoms with Crippen molar-refractivity contribution in [2.24, 2.45) is 0 Å². The average Bonchev–Trinajstić information content (AvgIpc) is 2.54. The molecule has 0 N–H and O–H groups in total. The molecule has 1 aromatic carbocycles. The fourth-order valence-electron chi connectivity index (χ4n) is 2.74. The molecule has 0 aliphatic rings. The van der Waals surface area contributed by atoms with Crippen LogP contribution in [0, 0.1) is 16.3 Å². The summed E-state index contributed by atoms with van der Waals surface area (Å²) in [6, 6.07) is 3.49. The van der Waals surface area contributed by atoms with Crippen LogP contribution in [0.5, 0.6) is 0 Å². The molecule has 3 aromatic rings. The SMILES string of the molecule is Cc1ccnc(C(C)C)c1-n1c(=O)nc(Cl)c2cc(I)c(Br)c(F)c21. The van der Waals surface area contributed by atoms with Crippen molar-refractivity contribution in [2.75, 3.05) is 0 Å². The Balaban J connectivity index is 2.60. The van der Waals surface area contributed by atoms with Crippen LogP contribution in [0.1, 0.15) is 31.0 Å². The van der Waals surface area contributed by atoms with Gasteiger partial charge in [-0.3, -0.25) is 9.55 Å². The molecule has 2 heterocycles. The molecular formula is C17H13BrClFIN3O. The predicted molar refractivity (Wildman–Crippen MR) is 109 cm³/mol. The van der Waals surface area contributed by atoms with Crippen LogP contribution < -0.4 is 5.69 Å². The van der Waals surface area contributed by atoms with Crippen LogP contribution in [-0.2, 0) is 0 Å². The molecule has 0 atom stereocenters. The summed E-state index contributed by atoms with van der Waals surface area (Å²) in [5, 5.41) is 0.359. The van der Waals surface area contributed by atoms with Gasteiger partial charge in [-0.1, -0.05) is 25.4 Å². The second kappa shape index (κ2) is 6.92. The lowest BCUT2D eigenvalue weighted by Gasteiger charge is -2.19. The molecule has 0 unspecified atom stereocenters. The fourth-order valence-corrected chi connectivity index (χ4v) is 3.81. The van der Waals surface area contributed by atoms with E-state index in [4.69, 9.17) is 11.6 Å². The van der Waals surface area contributed by atoms with Crippen LogP contribution in [0.2, 0.25) is 5.15 Å². The van der Waals surface area contributed by atoms with E-state index in [-0.39, 0.29) is 21.1 Å². The highest BCUT2D eigenvalue weighted by atomic mass is 127. The van der Waals surface area contributed by atoms with Gasteiger partial charge >= 0.3 is 5.69 Å². The Bertz CT molecular complexity index is 1070. The van der Waals surface area contributed by atoms with Crippen molar-refractivity contribution in [2.45, 2.75) is 26.7 Å². The number of aryl methyl sites for hydroxylation is 1. The third-order valence-electron chi connectivity index (χ3n) is 3.89. The number of halogens is 4. The number of aromatic nitrogens is 3. The summed E-state index contributed by atoms with van der Waals surface area (Å²) in [5.41, 5.74) is 1.50. The Morgan fingerprint density at radius 3 is 2.72 bits per heavy atom. The molecule has 25 heavy (non-hydrogen) atoms. The minimum Gasteiger partial charge on any atom is -0.259 e. The molecule has 130 valence electrons. The quantitative estimate of drug-likeness (QED) is 0.251. The molecule has 0 saturated heterocycles. The first-order valence-corrected chi connectivity index (χ1v) is 9.70. The molecule has 0 spiro atoms. The van der Waals surface area contributed by atoms with Gasteiger partial charge in [-0.2, -0.15) is 4.98 Å². The van der Waals surface area contributed by atoms with E-state index < -0.39 is 11.5 Å². The molecule has 3 rings (SSSR count). The maximum absolute atomic E-state index is 15.1. The zero-order chi connectivity index (χ0) is 18.5. The molecular weight excluding hydrogens is 523 g/mol. The van der Waals surface area contributed by atoms with E-state index in [0.717, 1.165) is 5.56 Å². The van der Waals surface area contributed by atoms with Gasteiger partial charge in [-0.15, -0.1) is 0 Å². The van der Waals surface area contributed by atoms with Crippen molar-refractivity contribution in [3.05, 3.63) is 59.1 Å². The largest absolute Gasteiger partial charge is 0.354 e. The number of pyridine rings is 1. The highest BCUT2D eigenvalue weighted by molar-refractivity contribution is 14.1. The van der Waals surface area contributed by atoms with Crippen LogP contribution in [-0.4, -0.2) is 14.5 Å². The number of benzene rings is 1. The Hall–Kier alpha value is -1.06. The molecule has 0 amide bonds. The lowest BCUT2D eigenvalue weighted by molar-refractivity contribution is 0.623. The fraction of sp³-hybridized carbons (Fsp3) is 0.235. The summed E-state index contributed by atoms with van der Waals surface area (Å²) < 4.78 is 17.3. The standard InChI is InChI=1S/C17H13BrClFIN3O/c1-7(2)13-14(8(3)4-5-22-13)24-15-9(16(19)23-17(24)25)6-10(21)11(18)12(15)20/h4-7H,1-3H3. The van der Waals surface area contributed by atoms with Crippen molar-refractivity contribution in [3.8, 4) is 5.69 Å². The van der Waals surface area contributed by atoms with Gasteiger partial charge in [0.25, 0.3) is 0 Å². The van der Waals surface area contributed by atoms with E-state index in [1.165, 1.54) is 4.57 Å². The van der Waals surface area contributed by atoms with Crippen LogP contribution in [0.4, 0.5) is 4.39 Å². The molecule has 0 fully saturated rings. The molecule has 8 heteroatoms. The first kappa shape index (κ1) is 18.7. The molecule has 0 radical (unpaired) electrons. The topological polar surface area (TPSA) is 47.8 Å². The first-order valence-electron chi connectivity index (χ1n) is 7.45. The van der Waals surface area contributed by atoms with Crippen LogP contribution >= 0.6 is 50.1 Å². The van der Waals surface area contributed by atoms with Gasteiger partial charge < -0.3 is 0 Å². The van der Waals surface area contributed by atoms with E-state index in [1.807, 2.05) is 43.4 Å². The minimum atomic E-state index is -0.637. The van der Waals surface area contributed by atoms with Gasteiger partial charge in [-0.25, -0.2) is 9.18 Å². The molecule has 4 nitrogen and oxygen atoms in total. The highest BCUT2D eigenvalue weighted by Gasteiger charge is 2.22. The summed E-state index contributed by atoms with van der Waals surface area (Å²) in [7, 11) is 0. The Kier molecular flexibility index (Phi) is 5.18. The smallest absolute Gasteiger partial charge is 0.259 e. The van der Waals surface area contributed by atoms with Crippen molar-refractivity contribution in [3.63, 3.8) is 0 Å². The van der Waals surface area contributed by atoms with E-state index in [1.54, 1.807) is 18.3 Å². The van der Waals surface area contributed by atoms with Crippen molar-refractivity contribution < 1.29 is 4.39 Å². The molecule has 0 aliphatic heterocycles. The van der Waals surface area contributed by atoms with Gasteiger partial charge in [0.05, 0.1) is 21.4 Å². The zero-order valence-corrected chi connectivity index (χ0v) is 18.1. The van der Waals surface area contributed by atoms with Crippen molar-refractivity contribution >= 4 is 61.0 Å². The van der Waals surface area contributed by atoms with Gasteiger partial charge in [0, 0.05) is 15.2 Å². The van der Waals surface area contributed by atoms with Gasteiger partial charge in [0.2, 0.25) is 0 Å². The summed E-state index contributed by atoms with van der Waals surface area (Å²) in [5.74, 6) is -0.510. The van der Waals surface area contributed by atoms with Gasteiger partial charge in [0.15, 0.2) is 5.82 Å². The number of hydrogen-bond acceptors (Lipinski definition) is 3. The number of nitrogens with zero attached hydrogens (tertiary/aromatic N) is 3. The minimum absolute atomic E-state index is 0.0202. The summed E-state index contributed by atoms with van der Waals surface area (Å²) in [4.78, 5) is 21.0. The molecule has 0 aliphatic carbocycles. The summed E-state index contributed by atoms with van der Waals surface area (Å²) >= 11 is 11.4. The lowest BCUT2D eigenvalue weighted by atomic mass is 10.0. The monoisotopic (exact) mass is 535 g/mol. The average molecular weight is 537 g/mol. The van der Waals surface area contributed by atoms with Crippen molar-refractivity contribution in [1.82, 2.24) is 14.5 Å². The van der Waals surface area contributed by atoms with E-state index in [2.05, 4.69) is 25.9 Å². The Labute approximate surface area is 170 Å². The van der Waals surface area contributed by atoms with E-state index in [9.17, 15) is 4.79 Å². The van der Waals surface area contributed by atoms with Crippen molar-refractivity contribution in [1.29, 1.82) is 0 Å². The number of rotatable bonds is 2. The normalized spacial score (nSPS) is 11.5. The second-order valence-electron chi connectivity index (χ2n) is 5.92. The van der Waals surface area contributed by atoms with E-state index in [0.29, 0.717) is 20.3 Å². The highest BCUT2D eigenvalue weighted by Crippen LogP contribution is 2.34. The van der Waals surface area contributed by atoms with Crippen LogP contribution in [0.15, 0.2) is 27.6 Å². The third kappa shape index (κ3) is 3.10. The third-order valence-corrected chi connectivity index (χ3v) is 6.55.